The Bertz CT molecular complexity index is 608. The predicted octanol–water partition coefficient (Wildman–Crippen LogP) is 4.67. The Morgan fingerprint density at radius 1 is 1.32 bits per heavy atom. The second-order valence-corrected chi connectivity index (χ2v) is 5.22. The van der Waals surface area contributed by atoms with Crippen molar-refractivity contribution < 1.29 is 13.2 Å². The van der Waals surface area contributed by atoms with Crippen LogP contribution in [0.15, 0.2) is 28.7 Å². The molecule has 0 aliphatic carbocycles. The van der Waals surface area contributed by atoms with Crippen molar-refractivity contribution in [3.05, 3.63) is 50.7 Å². The Balaban J connectivity index is 2.40. The molecule has 0 spiro atoms. The highest BCUT2D eigenvalue weighted by molar-refractivity contribution is 9.10. The largest absolute Gasteiger partial charge is 0.435 e. The minimum absolute atomic E-state index is 0.00285. The number of hydrogen-bond acceptors (Lipinski definition) is 1. The lowest BCUT2D eigenvalue weighted by Crippen LogP contribution is -2.09. The van der Waals surface area contributed by atoms with Crippen LogP contribution in [0.5, 0.6) is 0 Å². The molecule has 0 saturated heterocycles. The number of alkyl halides is 3. The van der Waals surface area contributed by atoms with Crippen molar-refractivity contribution in [2.45, 2.75) is 19.6 Å². The Morgan fingerprint density at radius 3 is 2.47 bits per heavy atom. The molecular weight excluding hydrogens is 344 g/mol. The molecule has 0 atom stereocenters. The van der Waals surface area contributed by atoms with E-state index in [0.717, 1.165) is 14.7 Å². The topological polar surface area (TPSA) is 17.8 Å². The van der Waals surface area contributed by atoms with Crippen LogP contribution < -0.4 is 0 Å². The van der Waals surface area contributed by atoms with Crippen LogP contribution in [-0.2, 0) is 12.7 Å². The highest BCUT2D eigenvalue weighted by Gasteiger charge is 2.37. The maximum Gasteiger partial charge on any atom is 0.435 e. The molecule has 2 nitrogen and oxygen atoms in total. The molecule has 0 fully saturated rings. The predicted molar refractivity (Wildman–Crippen MR) is 70.2 cm³/mol. The number of rotatable bonds is 2. The van der Waals surface area contributed by atoms with E-state index in [1.54, 1.807) is 12.1 Å². The third-order valence-corrected chi connectivity index (χ3v) is 3.91. The van der Waals surface area contributed by atoms with Crippen molar-refractivity contribution >= 4 is 27.5 Å². The van der Waals surface area contributed by atoms with Gasteiger partial charge in [0.15, 0.2) is 5.69 Å². The Morgan fingerprint density at radius 2 is 1.95 bits per heavy atom. The van der Waals surface area contributed by atoms with Crippen LogP contribution in [0.4, 0.5) is 13.2 Å². The fourth-order valence-electron chi connectivity index (χ4n) is 1.69. The lowest BCUT2D eigenvalue weighted by Gasteiger charge is -2.06. The third-order valence-electron chi connectivity index (χ3n) is 2.66. The molecule has 0 aliphatic heterocycles. The van der Waals surface area contributed by atoms with E-state index in [2.05, 4.69) is 21.0 Å². The molecule has 0 radical (unpaired) electrons. The summed E-state index contributed by atoms with van der Waals surface area (Å²) in [6.45, 7) is 1.49. The number of nitrogens with zero attached hydrogens (tertiary/aromatic N) is 2. The summed E-state index contributed by atoms with van der Waals surface area (Å²) in [6, 6.07) is 7.23. The summed E-state index contributed by atoms with van der Waals surface area (Å²) in [4.78, 5) is 0. The van der Waals surface area contributed by atoms with Crippen LogP contribution in [-0.4, -0.2) is 9.78 Å². The van der Waals surface area contributed by atoms with Gasteiger partial charge in [-0.3, -0.25) is 0 Å². The van der Waals surface area contributed by atoms with Gasteiger partial charge in [-0.1, -0.05) is 45.7 Å². The number of halogens is 5. The van der Waals surface area contributed by atoms with Gasteiger partial charge in [0.1, 0.15) is 5.15 Å². The molecule has 0 aliphatic rings. The van der Waals surface area contributed by atoms with Crippen molar-refractivity contribution in [2.24, 2.45) is 0 Å². The van der Waals surface area contributed by atoms with Gasteiger partial charge in [-0.25, -0.2) is 4.68 Å². The van der Waals surface area contributed by atoms with Crippen LogP contribution in [0.2, 0.25) is 5.15 Å². The summed E-state index contributed by atoms with van der Waals surface area (Å²) in [5.41, 5.74) is -0.189. The first kappa shape index (κ1) is 14.4. The molecule has 2 aromatic rings. The SMILES string of the molecule is Cc1c(C(F)(F)F)nn(Cc2ccccc2Br)c1Cl. The summed E-state index contributed by atoms with van der Waals surface area (Å²) < 4.78 is 40.1. The lowest BCUT2D eigenvalue weighted by molar-refractivity contribution is -0.141. The van der Waals surface area contributed by atoms with Crippen molar-refractivity contribution in [3.8, 4) is 0 Å². The summed E-state index contributed by atoms with van der Waals surface area (Å²) in [6.07, 6.45) is -4.49. The van der Waals surface area contributed by atoms with Gasteiger partial charge in [-0.05, 0) is 18.6 Å². The highest BCUT2D eigenvalue weighted by Crippen LogP contribution is 2.34. The van der Waals surface area contributed by atoms with Gasteiger partial charge in [0, 0.05) is 10.0 Å². The molecule has 1 heterocycles. The van der Waals surface area contributed by atoms with E-state index in [9.17, 15) is 13.2 Å². The standard InChI is InChI=1S/C12H9BrClF3N2/c1-7-10(12(15,16)17)18-19(11(7)14)6-8-4-2-3-5-9(8)13/h2-5H,6H2,1H3. The summed E-state index contributed by atoms with van der Waals surface area (Å²) >= 11 is 9.24. The molecule has 7 heteroatoms. The van der Waals surface area contributed by atoms with E-state index in [1.807, 2.05) is 12.1 Å². The molecule has 0 unspecified atom stereocenters. The summed E-state index contributed by atoms with van der Waals surface area (Å²) in [7, 11) is 0. The van der Waals surface area contributed by atoms with Gasteiger partial charge in [-0.2, -0.15) is 18.3 Å². The molecule has 0 bridgehead atoms. The van der Waals surface area contributed by atoms with Crippen LogP contribution in [0, 0.1) is 6.92 Å². The van der Waals surface area contributed by atoms with Gasteiger partial charge in [0.2, 0.25) is 0 Å². The monoisotopic (exact) mass is 352 g/mol. The molecule has 19 heavy (non-hydrogen) atoms. The molecule has 1 aromatic heterocycles. The molecule has 0 saturated carbocycles. The fraction of sp³-hybridized carbons (Fsp3) is 0.250. The molecule has 0 amide bonds. The quantitative estimate of drug-likeness (QED) is 0.767. The average Bonchev–Trinajstić information content (AvgIpc) is 2.60. The third kappa shape index (κ3) is 2.95. The second-order valence-electron chi connectivity index (χ2n) is 4.01. The van der Waals surface area contributed by atoms with Gasteiger partial charge < -0.3 is 0 Å². The van der Waals surface area contributed by atoms with Crippen LogP contribution >= 0.6 is 27.5 Å². The molecule has 2 rings (SSSR count). The number of benzene rings is 1. The van der Waals surface area contributed by atoms with Crippen LogP contribution in [0.25, 0.3) is 0 Å². The highest BCUT2D eigenvalue weighted by atomic mass is 79.9. The zero-order valence-electron chi connectivity index (χ0n) is 9.80. The van der Waals surface area contributed by atoms with E-state index in [-0.39, 0.29) is 17.3 Å². The fourth-order valence-corrected chi connectivity index (χ4v) is 2.29. The van der Waals surface area contributed by atoms with Gasteiger partial charge in [0.05, 0.1) is 6.54 Å². The van der Waals surface area contributed by atoms with Crippen molar-refractivity contribution in [1.82, 2.24) is 9.78 Å². The van der Waals surface area contributed by atoms with E-state index >= 15 is 0 Å². The van der Waals surface area contributed by atoms with Gasteiger partial charge in [-0.15, -0.1) is 0 Å². The number of aromatic nitrogens is 2. The maximum atomic E-state index is 12.7. The van der Waals surface area contributed by atoms with Gasteiger partial charge in [0.25, 0.3) is 0 Å². The summed E-state index contributed by atoms with van der Waals surface area (Å²) in [5.74, 6) is 0. The molecular formula is C12H9BrClF3N2. The van der Waals surface area contributed by atoms with Crippen LogP contribution in [0.1, 0.15) is 16.8 Å². The Hall–Kier alpha value is -1.01. The van der Waals surface area contributed by atoms with Gasteiger partial charge >= 0.3 is 6.18 Å². The zero-order valence-corrected chi connectivity index (χ0v) is 12.1. The molecule has 0 N–H and O–H groups in total. The smallest absolute Gasteiger partial charge is 0.249 e. The number of hydrogen-bond donors (Lipinski definition) is 0. The van der Waals surface area contributed by atoms with E-state index in [0.29, 0.717) is 0 Å². The van der Waals surface area contributed by atoms with Crippen molar-refractivity contribution in [3.63, 3.8) is 0 Å². The first-order valence-electron chi connectivity index (χ1n) is 5.34. The molecule has 1 aromatic carbocycles. The summed E-state index contributed by atoms with van der Waals surface area (Å²) in [5, 5.41) is 3.56. The average molecular weight is 354 g/mol. The van der Waals surface area contributed by atoms with Crippen molar-refractivity contribution in [2.75, 3.05) is 0 Å². The molecule has 102 valence electrons. The second kappa shape index (κ2) is 5.17. The Kier molecular flexibility index (Phi) is 3.92. The minimum atomic E-state index is -4.49. The van der Waals surface area contributed by atoms with E-state index in [4.69, 9.17) is 11.6 Å². The first-order valence-corrected chi connectivity index (χ1v) is 6.51. The van der Waals surface area contributed by atoms with Crippen molar-refractivity contribution in [1.29, 1.82) is 0 Å². The van der Waals surface area contributed by atoms with Crippen LogP contribution in [0.3, 0.4) is 0 Å². The zero-order chi connectivity index (χ0) is 14.2. The lowest BCUT2D eigenvalue weighted by atomic mass is 10.2. The maximum absolute atomic E-state index is 12.7. The van der Waals surface area contributed by atoms with E-state index in [1.165, 1.54) is 6.92 Å². The minimum Gasteiger partial charge on any atom is -0.249 e. The normalized spacial score (nSPS) is 11.9. The first-order chi connectivity index (χ1) is 8.80. The Labute approximate surface area is 121 Å². The van der Waals surface area contributed by atoms with E-state index < -0.39 is 11.9 Å².